The van der Waals surface area contributed by atoms with Crippen LogP contribution in [0.2, 0.25) is 0 Å². The minimum Gasteiger partial charge on any atom is -0.336 e. The lowest BCUT2D eigenvalue weighted by molar-refractivity contribution is 0.197. The Morgan fingerprint density at radius 3 is 2.80 bits per heavy atom. The van der Waals surface area contributed by atoms with Crippen molar-refractivity contribution in [1.82, 2.24) is 30.0 Å². The van der Waals surface area contributed by atoms with Crippen molar-refractivity contribution in [1.29, 1.82) is 0 Å². The van der Waals surface area contributed by atoms with Crippen LogP contribution in [0, 0.1) is 0 Å². The number of carbonyl (C=O) groups is 1. The molecule has 2 rings (SSSR count). The van der Waals surface area contributed by atoms with Crippen LogP contribution < -0.4 is 5.32 Å². The Bertz CT molecular complexity index is 513. The molecule has 2 aromatic heterocycles. The monoisotopic (exact) mass is 274 g/mol. The zero-order valence-corrected chi connectivity index (χ0v) is 11.4. The highest BCUT2D eigenvalue weighted by Crippen LogP contribution is 2.03. The smallest absolute Gasteiger partial charge is 0.317 e. The lowest BCUT2D eigenvalue weighted by Crippen LogP contribution is -2.40. The van der Waals surface area contributed by atoms with Crippen LogP contribution in [0.3, 0.4) is 0 Å². The van der Waals surface area contributed by atoms with Gasteiger partial charge in [0, 0.05) is 32.0 Å². The maximum atomic E-state index is 12.1. The topological polar surface area (TPSA) is 75.9 Å². The molecule has 2 aromatic rings. The van der Waals surface area contributed by atoms with E-state index in [0.29, 0.717) is 26.2 Å². The van der Waals surface area contributed by atoms with Crippen LogP contribution in [0.15, 0.2) is 37.2 Å². The van der Waals surface area contributed by atoms with E-state index < -0.39 is 0 Å². The van der Waals surface area contributed by atoms with Crippen LogP contribution in [0.25, 0.3) is 0 Å². The van der Waals surface area contributed by atoms with Gasteiger partial charge < -0.3 is 10.2 Å². The van der Waals surface area contributed by atoms with Crippen molar-refractivity contribution in [3.05, 3.63) is 42.7 Å². The van der Waals surface area contributed by atoms with Gasteiger partial charge in [-0.15, -0.1) is 0 Å². The molecule has 0 bridgehead atoms. The second-order valence-electron chi connectivity index (χ2n) is 4.26. The fourth-order valence-electron chi connectivity index (χ4n) is 1.77. The summed E-state index contributed by atoms with van der Waals surface area (Å²) in [5.41, 5.74) is 1.06. The van der Waals surface area contributed by atoms with Gasteiger partial charge in [0.1, 0.15) is 12.7 Å². The zero-order valence-electron chi connectivity index (χ0n) is 11.4. The number of aromatic nitrogens is 4. The zero-order chi connectivity index (χ0) is 14.2. The molecule has 0 atom stereocenters. The summed E-state index contributed by atoms with van der Waals surface area (Å²) < 4.78 is 1.68. The number of rotatable bonds is 6. The van der Waals surface area contributed by atoms with E-state index in [1.165, 1.54) is 6.33 Å². The summed E-state index contributed by atoms with van der Waals surface area (Å²) >= 11 is 0. The third-order valence-electron chi connectivity index (χ3n) is 2.88. The average Bonchev–Trinajstić information content (AvgIpc) is 2.99. The summed E-state index contributed by atoms with van der Waals surface area (Å²) in [4.78, 5) is 21.6. The van der Waals surface area contributed by atoms with Crippen molar-refractivity contribution >= 4 is 6.03 Å². The largest absolute Gasteiger partial charge is 0.336 e. The Labute approximate surface area is 117 Å². The van der Waals surface area contributed by atoms with Crippen LogP contribution in [0.1, 0.15) is 12.5 Å². The van der Waals surface area contributed by atoms with Crippen LogP contribution in [0.5, 0.6) is 0 Å². The second kappa shape index (κ2) is 7.22. The van der Waals surface area contributed by atoms with E-state index in [2.05, 4.69) is 20.4 Å². The Kier molecular flexibility index (Phi) is 5.05. The fourth-order valence-corrected chi connectivity index (χ4v) is 1.77. The number of urea groups is 1. The molecule has 0 saturated carbocycles. The van der Waals surface area contributed by atoms with Crippen molar-refractivity contribution in [2.24, 2.45) is 0 Å². The van der Waals surface area contributed by atoms with Gasteiger partial charge in [-0.05, 0) is 24.6 Å². The molecule has 2 amide bonds. The molecule has 106 valence electrons. The number of pyridine rings is 1. The number of carbonyl (C=O) groups excluding carboxylic acids is 1. The van der Waals surface area contributed by atoms with E-state index in [0.717, 1.165) is 5.56 Å². The Morgan fingerprint density at radius 1 is 1.35 bits per heavy atom. The first kappa shape index (κ1) is 14.0. The number of nitrogens with zero attached hydrogens (tertiary/aromatic N) is 5. The predicted molar refractivity (Wildman–Crippen MR) is 73.7 cm³/mol. The minimum absolute atomic E-state index is 0.0792. The molecular weight excluding hydrogens is 256 g/mol. The Balaban J connectivity index is 1.79. The molecule has 0 aliphatic heterocycles. The minimum atomic E-state index is -0.0792. The summed E-state index contributed by atoms with van der Waals surface area (Å²) in [6.07, 6.45) is 6.56. The van der Waals surface area contributed by atoms with Gasteiger partial charge >= 0.3 is 6.03 Å². The highest BCUT2D eigenvalue weighted by Gasteiger charge is 2.11. The maximum absolute atomic E-state index is 12.1. The molecule has 0 fully saturated rings. The van der Waals surface area contributed by atoms with E-state index in [1.807, 2.05) is 19.1 Å². The summed E-state index contributed by atoms with van der Waals surface area (Å²) in [6, 6.07) is 3.74. The molecule has 7 nitrogen and oxygen atoms in total. The third kappa shape index (κ3) is 4.04. The highest BCUT2D eigenvalue weighted by molar-refractivity contribution is 5.74. The van der Waals surface area contributed by atoms with Crippen molar-refractivity contribution in [2.75, 3.05) is 13.1 Å². The highest BCUT2D eigenvalue weighted by atomic mass is 16.2. The molecule has 7 heteroatoms. The first-order valence-corrected chi connectivity index (χ1v) is 6.53. The number of hydrogen-bond donors (Lipinski definition) is 1. The van der Waals surface area contributed by atoms with E-state index in [-0.39, 0.29) is 6.03 Å². The van der Waals surface area contributed by atoms with E-state index in [1.54, 1.807) is 28.3 Å². The molecule has 0 radical (unpaired) electrons. The van der Waals surface area contributed by atoms with Gasteiger partial charge in [0.25, 0.3) is 0 Å². The van der Waals surface area contributed by atoms with Crippen molar-refractivity contribution < 1.29 is 4.79 Å². The summed E-state index contributed by atoms with van der Waals surface area (Å²) in [7, 11) is 0. The summed E-state index contributed by atoms with van der Waals surface area (Å²) in [5.74, 6) is 0. The number of hydrogen-bond acceptors (Lipinski definition) is 4. The van der Waals surface area contributed by atoms with Gasteiger partial charge in [-0.25, -0.2) is 9.78 Å². The summed E-state index contributed by atoms with van der Waals surface area (Å²) in [5, 5.41) is 6.85. The van der Waals surface area contributed by atoms with Gasteiger partial charge in [0.05, 0.1) is 6.54 Å². The van der Waals surface area contributed by atoms with Crippen molar-refractivity contribution in [3.8, 4) is 0 Å². The van der Waals surface area contributed by atoms with E-state index >= 15 is 0 Å². The maximum Gasteiger partial charge on any atom is 0.317 e. The molecule has 2 heterocycles. The van der Waals surface area contributed by atoms with Gasteiger partial charge in [0.2, 0.25) is 0 Å². The Morgan fingerprint density at radius 2 is 2.15 bits per heavy atom. The lowest BCUT2D eigenvalue weighted by Gasteiger charge is -2.21. The molecule has 0 aliphatic carbocycles. The first-order valence-electron chi connectivity index (χ1n) is 6.53. The molecule has 20 heavy (non-hydrogen) atoms. The lowest BCUT2D eigenvalue weighted by atomic mass is 10.2. The molecule has 0 aromatic carbocycles. The van der Waals surface area contributed by atoms with Crippen molar-refractivity contribution in [2.45, 2.75) is 20.0 Å². The van der Waals surface area contributed by atoms with Gasteiger partial charge in [-0.3, -0.25) is 9.67 Å². The molecule has 0 spiro atoms. The number of nitrogens with one attached hydrogen (secondary N) is 1. The Hall–Kier alpha value is -2.44. The SMILES string of the molecule is CCN(Cc1ccncc1)C(=O)NCCn1cncn1. The van der Waals surface area contributed by atoms with E-state index in [9.17, 15) is 4.79 Å². The van der Waals surface area contributed by atoms with Crippen molar-refractivity contribution in [3.63, 3.8) is 0 Å². The van der Waals surface area contributed by atoms with Crippen LogP contribution in [-0.4, -0.2) is 43.8 Å². The van der Waals surface area contributed by atoms with Crippen LogP contribution >= 0.6 is 0 Å². The third-order valence-corrected chi connectivity index (χ3v) is 2.88. The predicted octanol–water partition coefficient (Wildman–Crippen LogP) is 0.905. The van der Waals surface area contributed by atoms with Gasteiger partial charge in [0.15, 0.2) is 0 Å². The van der Waals surface area contributed by atoms with Crippen LogP contribution in [0.4, 0.5) is 4.79 Å². The molecule has 1 N–H and O–H groups in total. The molecule has 0 unspecified atom stereocenters. The van der Waals surface area contributed by atoms with Gasteiger partial charge in [-0.2, -0.15) is 5.10 Å². The summed E-state index contributed by atoms with van der Waals surface area (Å²) in [6.45, 7) is 4.32. The van der Waals surface area contributed by atoms with Gasteiger partial charge in [-0.1, -0.05) is 0 Å². The van der Waals surface area contributed by atoms with Crippen LogP contribution in [-0.2, 0) is 13.1 Å². The molecule has 0 aliphatic rings. The number of amides is 2. The first-order chi connectivity index (χ1) is 9.79. The normalized spacial score (nSPS) is 10.2. The molecule has 0 saturated heterocycles. The average molecular weight is 274 g/mol. The second-order valence-corrected chi connectivity index (χ2v) is 4.26. The van der Waals surface area contributed by atoms with E-state index in [4.69, 9.17) is 0 Å². The standard InChI is InChI=1S/C13H18N6O/c1-2-18(9-12-3-5-14-6-4-12)13(20)16-7-8-19-11-15-10-17-19/h3-6,10-11H,2,7-9H2,1H3,(H,16,20). The quantitative estimate of drug-likeness (QED) is 0.849. The fraction of sp³-hybridized carbons (Fsp3) is 0.385. The molecular formula is C13H18N6O.